The van der Waals surface area contributed by atoms with E-state index in [0.29, 0.717) is 6.42 Å². The predicted octanol–water partition coefficient (Wildman–Crippen LogP) is 2.15. The van der Waals surface area contributed by atoms with Crippen molar-refractivity contribution in [2.75, 3.05) is 18.6 Å². The molecule has 0 aliphatic heterocycles. The lowest BCUT2D eigenvalue weighted by atomic mass is 10.0. The van der Waals surface area contributed by atoms with Crippen molar-refractivity contribution in [3.63, 3.8) is 0 Å². The highest BCUT2D eigenvalue weighted by Crippen LogP contribution is 2.20. The normalized spacial score (nSPS) is 12.7. The summed E-state index contributed by atoms with van der Waals surface area (Å²) in [5.74, 6) is -1.20. The average Bonchev–Trinajstić information content (AvgIpc) is 2.43. The quantitative estimate of drug-likeness (QED) is 0.750. The highest BCUT2D eigenvalue weighted by atomic mass is 32.2. The Bertz CT molecular complexity index is 621. The molecule has 1 aromatic carbocycles. The van der Waals surface area contributed by atoms with Gasteiger partial charge in [0.2, 0.25) is 0 Å². The SMILES string of the molecule is CC[C@H](NC(=O)NCCCS(C)(=O)=O)c1cc(F)ccc1F. The number of amides is 2. The lowest BCUT2D eigenvalue weighted by Gasteiger charge is -2.18. The van der Waals surface area contributed by atoms with E-state index in [1.807, 2.05) is 0 Å². The van der Waals surface area contributed by atoms with Crippen LogP contribution in [0.15, 0.2) is 18.2 Å². The molecule has 0 radical (unpaired) electrons. The van der Waals surface area contributed by atoms with E-state index in [0.717, 1.165) is 24.5 Å². The maximum atomic E-state index is 13.7. The minimum atomic E-state index is -3.07. The van der Waals surface area contributed by atoms with Gasteiger partial charge < -0.3 is 10.6 Å². The largest absolute Gasteiger partial charge is 0.338 e. The van der Waals surface area contributed by atoms with Crippen molar-refractivity contribution in [3.8, 4) is 0 Å². The monoisotopic (exact) mass is 334 g/mol. The summed E-state index contributed by atoms with van der Waals surface area (Å²) in [6.45, 7) is 1.92. The van der Waals surface area contributed by atoms with E-state index in [-0.39, 0.29) is 24.3 Å². The summed E-state index contributed by atoms with van der Waals surface area (Å²) in [5, 5.41) is 5.04. The molecule has 2 N–H and O–H groups in total. The number of carbonyl (C=O) groups excluding carboxylic acids is 1. The van der Waals surface area contributed by atoms with Crippen LogP contribution in [0.5, 0.6) is 0 Å². The molecule has 0 fully saturated rings. The van der Waals surface area contributed by atoms with Crippen LogP contribution in [0.3, 0.4) is 0 Å². The molecule has 0 saturated heterocycles. The minimum Gasteiger partial charge on any atom is -0.338 e. The number of carbonyl (C=O) groups is 1. The summed E-state index contributed by atoms with van der Waals surface area (Å²) < 4.78 is 48.8. The summed E-state index contributed by atoms with van der Waals surface area (Å²) in [6.07, 6.45) is 1.79. The molecule has 1 rings (SSSR count). The summed E-state index contributed by atoms with van der Waals surface area (Å²) in [6, 6.07) is 1.86. The molecule has 0 bridgehead atoms. The summed E-state index contributed by atoms with van der Waals surface area (Å²) in [7, 11) is -3.07. The first-order valence-corrected chi connectivity index (χ1v) is 8.96. The summed E-state index contributed by atoms with van der Waals surface area (Å²) in [4.78, 5) is 11.7. The molecule has 22 heavy (non-hydrogen) atoms. The molecule has 0 unspecified atom stereocenters. The van der Waals surface area contributed by atoms with Crippen molar-refractivity contribution in [2.24, 2.45) is 0 Å². The van der Waals surface area contributed by atoms with E-state index in [2.05, 4.69) is 10.6 Å². The number of nitrogens with one attached hydrogen (secondary N) is 2. The van der Waals surface area contributed by atoms with E-state index < -0.39 is 33.5 Å². The maximum absolute atomic E-state index is 13.7. The van der Waals surface area contributed by atoms with Crippen LogP contribution in [0.4, 0.5) is 13.6 Å². The Kier molecular flexibility index (Phi) is 6.73. The first kappa shape index (κ1) is 18.3. The zero-order valence-corrected chi connectivity index (χ0v) is 13.3. The first-order chi connectivity index (χ1) is 10.2. The third-order valence-electron chi connectivity index (χ3n) is 3.02. The molecule has 0 spiro atoms. The van der Waals surface area contributed by atoms with Crippen LogP contribution >= 0.6 is 0 Å². The van der Waals surface area contributed by atoms with Crippen LogP contribution in [0.25, 0.3) is 0 Å². The van der Waals surface area contributed by atoms with Crippen LogP contribution in [0.2, 0.25) is 0 Å². The van der Waals surface area contributed by atoms with Crippen LogP contribution < -0.4 is 10.6 Å². The summed E-state index contributed by atoms with van der Waals surface area (Å²) >= 11 is 0. The second-order valence-corrected chi connectivity index (χ2v) is 7.27. The third kappa shape index (κ3) is 6.38. The van der Waals surface area contributed by atoms with Gasteiger partial charge in [0.05, 0.1) is 11.8 Å². The Morgan fingerprint density at radius 1 is 1.32 bits per heavy atom. The molecule has 0 aliphatic rings. The van der Waals surface area contributed by atoms with Gasteiger partial charge in [-0.3, -0.25) is 0 Å². The molecule has 0 heterocycles. The van der Waals surface area contributed by atoms with Gasteiger partial charge in [0, 0.05) is 18.4 Å². The smallest absolute Gasteiger partial charge is 0.315 e. The van der Waals surface area contributed by atoms with Gasteiger partial charge >= 0.3 is 6.03 Å². The Morgan fingerprint density at radius 3 is 2.59 bits per heavy atom. The number of halogens is 2. The fraction of sp³-hybridized carbons (Fsp3) is 0.500. The lowest BCUT2D eigenvalue weighted by Crippen LogP contribution is -2.38. The second kappa shape index (κ2) is 8.07. The standard InChI is InChI=1S/C14H20F2N2O3S/c1-3-13(11-9-10(15)5-6-12(11)16)18-14(19)17-7-4-8-22(2,20)21/h5-6,9,13H,3-4,7-8H2,1-2H3,(H2,17,18,19)/t13-/m0/s1. The van der Waals surface area contributed by atoms with Crippen LogP contribution in [0.1, 0.15) is 31.4 Å². The molecule has 124 valence electrons. The van der Waals surface area contributed by atoms with Crippen molar-refractivity contribution >= 4 is 15.9 Å². The van der Waals surface area contributed by atoms with Gasteiger partial charge in [-0.25, -0.2) is 22.0 Å². The van der Waals surface area contributed by atoms with Crippen molar-refractivity contribution in [3.05, 3.63) is 35.4 Å². The fourth-order valence-corrected chi connectivity index (χ4v) is 2.60. The number of urea groups is 1. The molecule has 5 nitrogen and oxygen atoms in total. The molecule has 2 amide bonds. The molecule has 0 aliphatic carbocycles. The predicted molar refractivity (Wildman–Crippen MR) is 80.3 cm³/mol. The van der Waals surface area contributed by atoms with E-state index >= 15 is 0 Å². The number of hydrogen-bond donors (Lipinski definition) is 2. The molecular weight excluding hydrogens is 314 g/mol. The maximum Gasteiger partial charge on any atom is 0.315 e. The van der Waals surface area contributed by atoms with Gasteiger partial charge in [-0.1, -0.05) is 6.92 Å². The number of hydrogen-bond acceptors (Lipinski definition) is 3. The lowest BCUT2D eigenvalue weighted by molar-refractivity contribution is 0.236. The Morgan fingerprint density at radius 2 is 2.00 bits per heavy atom. The summed E-state index contributed by atoms with van der Waals surface area (Å²) in [5.41, 5.74) is 0.0776. The third-order valence-corrected chi connectivity index (χ3v) is 4.05. The molecule has 1 atom stereocenters. The molecule has 0 aromatic heterocycles. The van der Waals surface area contributed by atoms with E-state index in [1.54, 1.807) is 6.92 Å². The topological polar surface area (TPSA) is 75.3 Å². The number of rotatable bonds is 7. The zero-order chi connectivity index (χ0) is 16.8. The Balaban J connectivity index is 2.55. The highest BCUT2D eigenvalue weighted by molar-refractivity contribution is 7.90. The highest BCUT2D eigenvalue weighted by Gasteiger charge is 2.17. The van der Waals surface area contributed by atoms with Gasteiger partial charge in [-0.2, -0.15) is 0 Å². The molecule has 8 heteroatoms. The molecular formula is C14H20F2N2O3S. The second-order valence-electron chi connectivity index (χ2n) is 5.01. The number of sulfone groups is 1. The van der Waals surface area contributed by atoms with Crippen LogP contribution in [0, 0.1) is 11.6 Å². The first-order valence-electron chi connectivity index (χ1n) is 6.90. The van der Waals surface area contributed by atoms with Crippen molar-refractivity contribution in [1.82, 2.24) is 10.6 Å². The van der Waals surface area contributed by atoms with E-state index in [4.69, 9.17) is 0 Å². The van der Waals surface area contributed by atoms with Crippen LogP contribution in [-0.4, -0.2) is 33.0 Å². The Hall–Kier alpha value is -1.70. The minimum absolute atomic E-state index is 0.0248. The van der Waals surface area contributed by atoms with Gasteiger partial charge in [-0.15, -0.1) is 0 Å². The average molecular weight is 334 g/mol. The van der Waals surface area contributed by atoms with Crippen molar-refractivity contribution < 1.29 is 22.0 Å². The van der Waals surface area contributed by atoms with Gasteiger partial charge in [-0.05, 0) is 31.0 Å². The van der Waals surface area contributed by atoms with Crippen molar-refractivity contribution in [2.45, 2.75) is 25.8 Å². The molecule has 0 saturated carbocycles. The van der Waals surface area contributed by atoms with Gasteiger partial charge in [0.25, 0.3) is 0 Å². The van der Waals surface area contributed by atoms with Crippen LogP contribution in [-0.2, 0) is 9.84 Å². The number of benzene rings is 1. The van der Waals surface area contributed by atoms with E-state index in [1.165, 1.54) is 0 Å². The Labute approximate surface area is 129 Å². The zero-order valence-electron chi connectivity index (χ0n) is 12.5. The van der Waals surface area contributed by atoms with E-state index in [9.17, 15) is 22.0 Å². The van der Waals surface area contributed by atoms with Gasteiger partial charge in [0.1, 0.15) is 21.5 Å². The molecule has 1 aromatic rings. The fourth-order valence-electron chi connectivity index (χ4n) is 1.93. The van der Waals surface area contributed by atoms with Crippen molar-refractivity contribution in [1.29, 1.82) is 0 Å². The van der Waals surface area contributed by atoms with Gasteiger partial charge in [0.15, 0.2) is 0 Å².